The lowest BCUT2D eigenvalue weighted by atomic mass is 10.1. The van der Waals surface area contributed by atoms with E-state index in [-0.39, 0.29) is 63.8 Å². The number of para-hydroxylation sites is 1. The van der Waals surface area contributed by atoms with Crippen LogP contribution in [0.5, 0.6) is 5.88 Å². The van der Waals surface area contributed by atoms with Gasteiger partial charge in [0.2, 0.25) is 11.8 Å². The van der Waals surface area contributed by atoms with Gasteiger partial charge in [-0.25, -0.2) is 14.3 Å². The minimum Gasteiger partial charge on any atom is -0.481 e. The van der Waals surface area contributed by atoms with Crippen LogP contribution in [0.2, 0.25) is 0 Å². The van der Waals surface area contributed by atoms with E-state index in [1.165, 1.54) is 39.8 Å². The van der Waals surface area contributed by atoms with Crippen LogP contribution >= 0.6 is 0 Å². The minimum atomic E-state index is -1.14. The Morgan fingerprint density at radius 3 is 2.39 bits per heavy atom. The van der Waals surface area contributed by atoms with Crippen LogP contribution in [0.3, 0.4) is 0 Å². The summed E-state index contributed by atoms with van der Waals surface area (Å²) in [5, 5.41) is 16.2. The predicted octanol–water partition coefficient (Wildman–Crippen LogP) is 1.24. The molecular weight excluding hydrogens is 538 g/mol. The number of aromatic nitrogens is 2. The maximum absolute atomic E-state index is 13.3. The summed E-state index contributed by atoms with van der Waals surface area (Å²) in [6, 6.07) is 9.11. The zero-order chi connectivity index (χ0) is 29.8. The third-order valence-corrected chi connectivity index (χ3v) is 6.06. The van der Waals surface area contributed by atoms with Crippen LogP contribution in [0.1, 0.15) is 30.3 Å². The van der Waals surface area contributed by atoms with Crippen molar-refractivity contribution in [3.8, 4) is 11.6 Å². The third-order valence-electron chi connectivity index (χ3n) is 6.06. The van der Waals surface area contributed by atoms with Crippen molar-refractivity contribution in [1.82, 2.24) is 24.9 Å². The van der Waals surface area contributed by atoms with Gasteiger partial charge in [0.1, 0.15) is 12.6 Å². The smallest absolute Gasteiger partial charge is 0.409 e. The molecule has 1 atom stereocenters. The van der Waals surface area contributed by atoms with Crippen molar-refractivity contribution >= 4 is 29.8 Å². The van der Waals surface area contributed by atoms with Crippen LogP contribution in [-0.4, -0.2) is 107 Å². The van der Waals surface area contributed by atoms with Gasteiger partial charge in [-0.05, 0) is 31.6 Å². The zero-order valence-corrected chi connectivity index (χ0v) is 22.9. The van der Waals surface area contributed by atoms with Crippen molar-refractivity contribution < 1.29 is 43.3 Å². The first-order valence-electron chi connectivity index (χ1n) is 13.0. The summed E-state index contributed by atoms with van der Waals surface area (Å²) in [6.45, 7) is 2.82. The topological polar surface area (TPSA) is 170 Å². The second-order valence-corrected chi connectivity index (χ2v) is 8.82. The molecule has 1 saturated heterocycles. The fraction of sp³-hybridized carbons (Fsp3) is 0.407. The van der Waals surface area contributed by atoms with Crippen LogP contribution in [-0.2, 0) is 23.9 Å². The van der Waals surface area contributed by atoms with Crippen molar-refractivity contribution in [2.24, 2.45) is 0 Å². The number of piperazine rings is 1. The number of rotatable bonds is 12. The van der Waals surface area contributed by atoms with E-state index in [0.717, 1.165) is 0 Å². The van der Waals surface area contributed by atoms with Gasteiger partial charge in [-0.1, -0.05) is 18.2 Å². The average molecular weight is 572 g/mol. The van der Waals surface area contributed by atoms with Gasteiger partial charge in [-0.2, -0.15) is 5.10 Å². The monoisotopic (exact) mass is 571 g/mol. The molecule has 14 nitrogen and oxygen atoms in total. The number of methoxy groups -OCH3 is 1. The van der Waals surface area contributed by atoms with E-state index in [9.17, 15) is 29.1 Å². The minimum absolute atomic E-state index is 0.0216. The molecule has 1 aliphatic heterocycles. The average Bonchev–Trinajstić information content (AvgIpc) is 3.41. The van der Waals surface area contributed by atoms with Gasteiger partial charge >= 0.3 is 18.0 Å². The molecule has 0 unspecified atom stereocenters. The summed E-state index contributed by atoms with van der Waals surface area (Å²) in [6.07, 6.45) is 1.68. The number of hydrogen-bond acceptors (Lipinski definition) is 9. The summed E-state index contributed by atoms with van der Waals surface area (Å²) < 4.78 is 16.7. The summed E-state index contributed by atoms with van der Waals surface area (Å²) in [5.41, 5.74) is 0.525. The van der Waals surface area contributed by atoms with Crippen molar-refractivity contribution in [2.45, 2.75) is 25.8 Å². The molecule has 0 bridgehead atoms. The molecule has 1 aliphatic rings. The Kier molecular flexibility index (Phi) is 11.3. The van der Waals surface area contributed by atoms with E-state index in [4.69, 9.17) is 9.47 Å². The second kappa shape index (κ2) is 15.1. The van der Waals surface area contributed by atoms with Gasteiger partial charge in [0.05, 0.1) is 19.4 Å². The van der Waals surface area contributed by atoms with Gasteiger partial charge in [-0.15, -0.1) is 0 Å². The van der Waals surface area contributed by atoms with E-state index in [0.29, 0.717) is 5.69 Å². The van der Waals surface area contributed by atoms with Gasteiger partial charge < -0.3 is 34.4 Å². The molecule has 2 N–H and O–H groups in total. The molecule has 220 valence electrons. The highest BCUT2D eigenvalue weighted by atomic mass is 16.6. The lowest BCUT2D eigenvalue weighted by Crippen LogP contribution is -2.56. The Balaban J connectivity index is 1.76. The first-order chi connectivity index (χ1) is 19.7. The Morgan fingerprint density at radius 2 is 1.76 bits per heavy atom. The molecule has 0 aliphatic carbocycles. The van der Waals surface area contributed by atoms with Crippen LogP contribution in [0.15, 0.2) is 48.6 Å². The van der Waals surface area contributed by atoms with Crippen LogP contribution in [0.25, 0.3) is 5.69 Å². The summed E-state index contributed by atoms with van der Waals surface area (Å²) in [5.74, 6) is -2.64. The number of benzene rings is 1. The van der Waals surface area contributed by atoms with Crippen LogP contribution in [0.4, 0.5) is 4.79 Å². The van der Waals surface area contributed by atoms with E-state index in [2.05, 4.69) is 15.2 Å². The van der Waals surface area contributed by atoms with Crippen molar-refractivity contribution in [3.05, 3.63) is 54.2 Å². The summed E-state index contributed by atoms with van der Waals surface area (Å²) in [4.78, 5) is 64.1. The molecule has 3 rings (SSSR count). The number of amides is 3. The largest absolute Gasteiger partial charge is 0.481 e. The number of carbonyl (C=O) groups is 5. The molecule has 1 aromatic heterocycles. The van der Waals surface area contributed by atoms with Crippen molar-refractivity contribution in [3.63, 3.8) is 0 Å². The maximum Gasteiger partial charge on any atom is 0.409 e. The molecule has 14 heteroatoms. The Hall–Kier alpha value is -4.88. The zero-order valence-electron chi connectivity index (χ0n) is 22.9. The van der Waals surface area contributed by atoms with Gasteiger partial charge in [0, 0.05) is 44.7 Å². The highest BCUT2D eigenvalue weighted by Crippen LogP contribution is 2.20. The SMILES string of the molecule is CCOC(=O)N1CCN(C(=O)[C@H](CCC(=O)O)NC(=O)c2cc(OC/C=C/C(=O)OC)n(-c3ccccc3)n2)CC1. The van der Waals surface area contributed by atoms with Gasteiger partial charge in [0.25, 0.3) is 5.91 Å². The molecule has 1 aromatic carbocycles. The van der Waals surface area contributed by atoms with E-state index in [1.54, 1.807) is 31.2 Å². The van der Waals surface area contributed by atoms with Gasteiger partial charge in [0.15, 0.2) is 5.69 Å². The van der Waals surface area contributed by atoms with Crippen molar-refractivity contribution in [1.29, 1.82) is 0 Å². The lowest BCUT2D eigenvalue weighted by Gasteiger charge is -2.35. The van der Waals surface area contributed by atoms with Crippen molar-refractivity contribution in [2.75, 3.05) is 46.5 Å². The fourth-order valence-corrected chi connectivity index (χ4v) is 3.98. The molecule has 0 saturated carbocycles. The first kappa shape index (κ1) is 30.7. The number of aliphatic carboxylic acids is 1. The fourth-order valence-electron chi connectivity index (χ4n) is 3.98. The summed E-state index contributed by atoms with van der Waals surface area (Å²) in [7, 11) is 1.25. The summed E-state index contributed by atoms with van der Waals surface area (Å²) >= 11 is 0. The standard InChI is InChI=1S/C27H33N5O9/c1-3-40-27(38)31-15-13-30(14-16-31)26(37)20(11-12-23(33)34)28-25(36)21-18-22(41-17-7-10-24(35)39-2)32(29-21)19-8-5-4-6-9-19/h4-10,18,20H,3,11-17H2,1-2H3,(H,28,36)(H,33,34)/b10-7+/t20-/m0/s1. The van der Waals surface area contributed by atoms with E-state index >= 15 is 0 Å². The number of nitrogens with one attached hydrogen (secondary N) is 1. The Bertz CT molecular complexity index is 1250. The highest BCUT2D eigenvalue weighted by molar-refractivity contribution is 5.96. The highest BCUT2D eigenvalue weighted by Gasteiger charge is 2.31. The lowest BCUT2D eigenvalue weighted by molar-refractivity contribution is -0.138. The predicted molar refractivity (Wildman–Crippen MR) is 144 cm³/mol. The number of ether oxygens (including phenoxy) is 3. The third kappa shape index (κ3) is 8.81. The van der Waals surface area contributed by atoms with Gasteiger partial charge in [-0.3, -0.25) is 14.4 Å². The van der Waals surface area contributed by atoms with Crippen LogP contribution < -0.4 is 10.1 Å². The Labute approximate surface area is 236 Å². The first-order valence-corrected chi connectivity index (χ1v) is 13.0. The number of carbonyl (C=O) groups excluding carboxylic acids is 4. The molecule has 0 radical (unpaired) electrons. The second-order valence-electron chi connectivity index (χ2n) is 8.82. The Morgan fingerprint density at radius 1 is 1.07 bits per heavy atom. The molecule has 2 heterocycles. The molecule has 0 spiro atoms. The quantitative estimate of drug-likeness (QED) is 0.279. The molecule has 3 amide bonds. The number of hydrogen-bond donors (Lipinski definition) is 2. The number of nitrogens with zero attached hydrogens (tertiary/aromatic N) is 4. The normalized spacial score (nSPS) is 13.9. The molecule has 2 aromatic rings. The number of carboxylic acids is 1. The van der Waals surface area contributed by atoms with E-state index in [1.807, 2.05) is 6.07 Å². The molecule has 41 heavy (non-hydrogen) atoms. The van der Waals surface area contributed by atoms with E-state index < -0.39 is 35.9 Å². The molecular formula is C27H33N5O9. The number of carboxylic acid groups (broad SMARTS) is 1. The molecule has 1 fully saturated rings. The number of esters is 1. The van der Waals surface area contributed by atoms with Crippen LogP contribution in [0, 0.1) is 0 Å². The maximum atomic E-state index is 13.3.